The maximum atomic E-state index is 11.3. The Morgan fingerprint density at radius 3 is 2.77 bits per heavy atom. The number of esters is 1. The van der Waals surface area contributed by atoms with E-state index >= 15 is 0 Å². The summed E-state index contributed by atoms with van der Waals surface area (Å²) in [6.07, 6.45) is -2.45. The topological polar surface area (TPSA) is 150 Å². The van der Waals surface area contributed by atoms with E-state index in [1.165, 1.54) is 0 Å². The predicted molar refractivity (Wildman–Crippen MR) is 70.3 cm³/mol. The third-order valence-corrected chi connectivity index (χ3v) is 3.19. The number of carbonyl (C=O) groups is 2. The molecule has 1 aliphatic rings. The third kappa shape index (κ3) is 3.40. The van der Waals surface area contributed by atoms with Crippen LogP contribution in [-0.4, -0.2) is 61.8 Å². The molecule has 4 N–H and O–H groups in total. The van der Waals surface area contributed by atoms with Gasteiger partial charge < -0.3 is 25.4 Å². The van der Waals surface area contributed by atoms with Gasteiger partial charge in [0.05, 0.1) is 0 Å². The number of amides is 1. The average molecular weight is 314 g/mol. The van der Waals surface area contributed by atoms with Crippen molar-refractivity contribution in [1.29, 1.82) is 0 Å². The van der Waals surface area contributed by atoms with Gasteiger partial charge in [-0.05, 0) is 6.42 Å². The number of rotatable bonds is 6. The number of nitrogens with zero attached hydrogens (tertiary/aromatic N) is 3. The molecule has 0 aromatic carbocycles. The monoisotopic (exact) mass is 314 g/mol. The zero-order chi connectivity index (χ0) is 16.3. The van der Waals surface area contributed by atoms with Crippen LogP contribution in [0.3, 0.4) is 0 Å². The van der Waals surface area contributed by atoms with Crippen molar-refractivity contribution in [2.75, 3.05) is 6.61 Å². The number of aromatic nitrogens is 3. The summed E-state index contributed by atoms with van der Waals surface area (Å²) in [5.41, 5.74) is 5.04. The average Bonchev–Trinajstić information content (AvgIpc) is 3.05. The molecule has 122 valence electrons. The van der Waals surface area contributed by atoms with Crippen LogP contribution in [0, 0.1) is 0 Å². The molecule has 22 heavy (non-hydrogen) atoms. The summed E-state index contributed by atoms with van der Waals surface area (Å²) >= 11 is 0. The molecular formula is C12H18N4O6. The van der Waals surface area contributed by atoms with Gasteiger partial charge >= 0.3 is 5.97 Å². The van der Waals surface area contributed by atoms with Crippen LogP contribution in [0.25, 0.3) is 0 Å². The van der Waals surface area contributed by atoms with Crippen molar-refractivity contribution in [2.24, 2.45) is 5.73 Å². The molecule has 2 heterocycles. The van der Waals surface area contributed by atoms with Crippen LogP contribution in [0.2, 0.25) is 0 Å². The number of nitrogens with two attached hydrogens (primary N) is 1. The number of hydrogen-bond acceptors (Lipinski definition) is 8. The summed E-state index contributed by atoms with van der Waals surface area (Å²) in [6, 6.07) is 0. The fourth-order valence-electron chi connectivity index (χ4n) is 2.05. The Kier molecular flexibility index (Phi) is 5.06. The largest absolute Gasteiger partial charge is 0.463 e. The summed E-state index contributed by atoms with van der Waals surface area (Å²) in [6.45, 7) is 1.65. The van der Waals surface area contributed by atoms with Gasteiger partial charge in [0.15, 0.2) is 6.23 Å². The Morgan fingerprint density at radius 1 is 1.45 bits per heavy atom. The van der Waals surface area contributed by atoms with E-state index in [0.717, 1.165) is 11.0 Å². The number of aliphatic hydroxyl groups is 2. The lowest BCUT2D eigenvalue weighted by molar-refractivity contribution is -0.150. The molecule has 10 heteroatoms. The summed E-state index contributed by atoms with van der Waals surface area (Å²) in [5.74, 6) is -1.46. The van der Waals surface area contributed by atoms with Crippen LogP contribution in [0.15, 0.2) is 6.33 Å². The number of aliphatic hydroxyl groups excluding tert-OH is 2. The number of carbonyl (C=O) groups excluding carboxylic acids is 2. The lowest BCUT2D eigenvalue weighted by Gasteiger charge is -2.14. The summed E-state index contributed by atoms with van der Waals surface area (Å²) in [5, 5.41) is 23.7. The highest BCUT2D eigenvalue weighted by atomic mass is 16.6. The highest BCUT2D eigenvalue weighted by Crippen LogP contribution is 2.28. The zero-order valence-electron chi connectivity index (χ0n) is 12.0. The van der Waals surface area contributed by atoms with Crippen LogP contribution >= 0.6 is 0 Å². The summed E-state index contributed by atoms with van der Waals surface area (Å²) in [7, 11) is 0. The van der Waals surface area contributed by atoms with Crippen molar-refractivity contribution in [3.05, 3.63) is 12.2 Å². The Balaban J connectivity index is 1.99. The smallest absolute Gasteiger partial charge is 0.305 e. The van der Waals surface area contributed by atoms with Crippen LogP contribution in [0.4, 0.5) is 0 Å². The first-order valence-corrected chi connectivity index (χ1v) is 6.82. The Bertz CT molecular complexity index is 547. The van der Waals surface area contributed by atoms with E-state index in [-0.39, 0.29) is 18.9 Å². The van der Waals surface area contributed by atoms with Crippen LogP contribution < -0.4 is 5.73 Å². The Labute approximate surface area is 125 Å². The Morgan fingerprint density at radius 2 is 2.18 bits per heavy atom. The van der Waals surface area contributed by atoms with Gasteiger partial charge in [0.2, 0.25) is 5.82 Å². The predicted octanol–water partition coefficient (Wildman–Crippen LogP) is -1.66. The number of ether oxygens (including phenoxy) is 2. The summed E-state index contributed by atoms with van der Waals surface area (Å²) in [4.78, 5) is 25.9. The molecule has 0 unspecified atom stereocenters. The molecular weight excluding hydrogens is 296 g/mol. The molecule has 1 saturated heterocycles. The van der Waals surface area contributed by atoms with E-state index in [9.17, 15) is 19.8 Å². The van der Waals surface area contributed by atoms with Gasteiger partial charge in [-0.1, -0.05) is 6.92 Å². The van der Waals surface area contributed by atoms with Crippen LogP contribution in [-0.2, 0) is 14.3 Å². The molecule has 1 amide bonds. The van der Waals surface area contributed by atoms with Gasteiger partial charge in [-0.2, -0.15) is 0 Å². The van der Waals surface area contributed by atoms with Gasteiger partial charge in [-0.3, -0.25) is 9.59 Å². The molecule has 1 fully saturated rings. The fourth-order valence-corrected chi connectivity index (χ4v) is 2.05. The van der Waals surface area contributed by atoms with E-state index in [1.807, 2.05) is 6.92 Å². The van der Waals surface area contributed by atoms with E-state index < -0.39 is 36.4 Å². The van der Waals surface area contributed by atoms with Gasteiger partial charge in [0.1, 0.15) is 31.2 Å². The molecule has 0 bridgehead atoms. The second kappa shape index (κ2) is 6.81. The lowest BCUT2D eigenvalue weighted by Crippen LogP contribution is -2.34. The van der Waals surface area contributed by atoms with E-state index in [2.05, 4.69) is 10.1 Å². The molecule has 1 aliphatic heterocycles. The maximum absolute atomic E-state index is 11.3. The van der Waals surface area contributed by atoms with Gasteiger partial charge in [0, 0.05) is 6.42 Å². The van der Waals surface area contributed by atoms with Crippen molar-refractivity contribution < 1.29 is 29.3 Å². The molecule has 1 aromatic heterocycles. The standard InChI is InChI=1S/C12H18N4O6/c1-2-3-7(17)21-4-6-8(18)9(19)12(22-6)16-5-14-11(15-16)10(13)20/h5-6,8-9,12,18-19H,2-4H2,1H3,(H2,13,20)/t6-,8+,9-,12+/m0/s1. The normalized spacial score (nSPS) is 27.8. The first-order chi connectivity index (χ1) is 10.4. The van der Waals surface area contributed by atoms with E-state index in [0.29, 0.717) is 6.42 Å². The van der Waals surface area contributed by atoms with Crippen molar-refractivity contribution in [3.8, 4) is 0 Å². The highest BCUT2D eigenvalue weighted by Gasteiger charge is 2.44. The second-order valence-corrected chi connectivity index (χ2v) is 4.89. The van der Waals surface area contributed by atoms with E-state index in [1.54, 1.807) is 0 Å². The molecule has 0 aliphatic carbocycles. The molecule has 0 saturated carbocycles. The van der Waals surface area contributed by atoms with Gasteiger partial charge in [-0.25, -0.2) is 9.67 Å². The fraction of sp³-hybridized carbons (Fsp3) is 0.667. The van der Waals surface area contributed by atoms with Gasteiger partial charge in [0.25, 0.3) is 5.91 Å². The second-order valence-electron chi connectivity index (χ2n) is 4.89. The van der Waals surface area contributed by atoms with Crippen molar-refractivity contribution >= 4 is 11.9 Å². The molecule has 1 aromatic rings. The number of primary amides is 1. The Hall–Kier alpha value is -2.04. The van der Waals surface area contributed by atoms with Crippen LogP contribution in [0.1, 0.15) is 36.6 Å². The SMILES string of the molecule is CCCC(=O)OC[C@@H]1O[C@@H](n2cnc(C(N)=O)n2)[C@@H](O)[C@@H]1O. The zero-order valence-corrected chi connectivity index (χ0v) is 12.0. The maximum Gasteiger partial charge on any atom is 0.305 e. The van der Waals surface area contributed by atoms with Crippen LogP contribution in [0.5, 0.6) is 0 Å². The van der Waals surface area contributed by atoms with Gasteiger partial charge in [-0.15, -0.1) is 5.10 Å². The minimum atomic E-state index is -1.31. The first-order valence-electron chi connectivity index (χ1n) is 6.82. The lowest BCUT2D eigenvalue weighted by atomic mass is 10.1. The quantitative estimate of drug-likeness (QED) is 0.528. The molecule has 10 nitrogen and oxygen atoms in total. The molecule has 2 rings (SSSR count). The molecule has 0 radical (unpaired) electrons. The minimum Gasteiger partial charge on any atom is -0.463 e. The molecule has 4 atom stereocenters. The van der Waals surface area contributed by atoms with Crippen molar-refractivity contribution in [1.82, 2.24) is 14.8 Å². The van der Waals surface area contributed by atoms with E-state index in [4.69, 9.17) is 15.2 Å². The minimum absolute atomic E-state index is 0.190. The highest BCUT2D eigenvalue weighted by molar-refractivity contribution is 5.88. The number of hydrogen-bond donors (Lipinski definition) is 3. The van der Waals surface area contributed by atoms with Crippen molar-refractivity contribution in [3.63, 3.8) is 0 Å². The third-order valence-electron chi connectivity index (χ3n) is 3.19. The molecule has 0 spiro atoms. The van der Waals surface area contributed by atoms with Crippen molar-refractivity contribution in [2.45, 2.75) is 44.3 Å². The first kappa shape index (κ1) is 16.3. The summed E-state index contributed by atoms with van der Waals surface area (Å²) < 4.78 is 11.5.